The highest BCUT2D eigenvalue weighted by Crippen LogP contribution is 2.23. The molecule has 4 rings (SSSR count). The van der Waals surface area contributed by atoms with Crippen LogP contribution in [0.25, 0.3) is 6.08 Å². The monoisotopic (exact) mass is 413 g/mol. The van der Waals surface area contributed by atoms with Crippen LogP contribution in [0.3, 0.4) is 0 Å². The Balaban J connectivity index is 1.44. The zero-order chi connectivity index (χ0) is 21.0. The molecule has 3 aromatic rings. The van der Waals surface area contributed by atoms with Gasteiger partial charge in [0.2, 0.25) is 0 Å². The Labute approximate surface area is 178 Å². The summed E-state index contributed by atoms with van der Waals surface area (Å²) in [5.74, 6) is 6.54. The third-order valence-electron chi connectivity index (χ3n) is 5.09. The first-order valence-electron chi connectivity index (χ1n) is 9.84. The molecule has 0 spiro atoms. The topological polar surface area (TPSA) is 37.4 Å². The SMILES string of the molecule is CS(=O)(=O)c1ccc(CN2C=Cc3ccc(C#CCc4ccccc4)cc3C2)cc1. The lowest BCUT2D eigenvalue weighted by atomic mass is 10.0. The number of benzene rings is 3. The molecule has 1 aliphatic rings. The third-order valence-corrected chi connectivity index (χ3v) is 6.22. The van der Waals surface area contributed by atoms with Gasteiger partial charge in [-0.15, -0.1) is 0 Å². The Morgan fingerprint density at radius 2 is 1.70 bits per heavy atom. The summed E-state index contributed by atoms with van der Waals surface area (Å²) in [6.07, 6.45) is 6.18. The summed E-state index contributed by atoms with van der Waals surface area (Å²) in [7, 11) is -3.16. The number of hydrogen-bond acceptors (Lipinski definition) is 3. The van der Waals surface area contributed by atoms with Crippen molar-refractivity contribution in [2.45, 2.75) is 24.4 Å². The smallest absolute Gasteiger partial charge is 0.175 e. The average molecular weight is 414 g/mol. The summed E-state index contributed by atoms with van der Waals surface area (Å²) in [5.41, 5.74) is 5.79. The Bertz CT molecular complexity index is 1230. The van der Waals surface area contributed by atoms with Crippen molar-refractivity contribution >= 4 is 15.9 Å². The van der Waals surface area contributed by atoms with E-state index in [1.807, 2.05) is 30.3 Å². The van der Waals surface area contributed by atoms with E-state index in [0.717, 1.165) is 30.6 Å². The molecule has 0 N–H and O–H groups in total. The minimum Gasteiger partial charge on any atom is -0.369 e. The second-order valence-electron chi connectivity index (χ2n) is 7.51. The van der Waals surface area contributed by atoms with Crippen LogP contribution in [0.4, 0.5) is 0 Å². The molecule has 0 unspecified atom stereocenters. The van der Waals surface area contributed by atoms with E-state index in [9.17, 15) is 8.42 Å². The first kappa shape index (κ1) is 20.0. The van der Waals surface area contributed by atoms with Crippen LogP contribution in [0, 0.1) is 11.8 Å². The van der Waals surface area contributed by atoms with E-state index in [4.69, 9.17) is 0 Å². The van der Waals surface area contributed by atoms with E-state index in [1.54, 1.807) is 12.1 Å². The van der Waals surface area contributed by atoms with E-state index in [2.05, 4.69) is 59.3 Å². The van der Waals surface area contributed by atoms with Gasteiger partial charge < -0.3 is 4.90 Å². The molecular weight excluding hydrogens is 390 g/mol. The Kier molecular flexibility index (Phi) is 5.74. The molecule has 3 nitrogen and oxygen atoms in total. The number of sulfone groups is 1. The molecular formula is C26H23NO2S. The first-order chi connectivity index (χ1) is 14.5. The lowest BCUT2D eigenvalue weighted by molar-refractivity contribution is 0.359. The maximum absolute atomic E-state index is 11.6. The van der Waals surface area contributed by atoms with Crippen LogP contribution in [0.1, 0.15) is 27.8 Å². The van der Waals surface area contributed by atoms with E-state index >= 15 is 0 Å². The van der Waals surface area contributed by atoms with Crippen LogP contribution >= 0.6 is 0 Å². The van der Waals surface area contributed by atoms with E-state index < -0.39 is 9.84 Å². The Morgan fingerprint density at radius 1 is 0.933 bits per heavy atom. The van der Waals surface area contributed by atoms with E-state index in [-0.39, 0.29) is 0 Å². The molecule has 3 aromatic carbocycles. The summed E-state index contributed by atoms with van der Waals surface area (Å²) < 4.78 is 23.3. The van der Waals surface area contributed by atoms with Gasteiger partial charge in [-0.3, -0.25) is 0 Å². The van der Waals surface area contributed by atoms with Gasteiger partial charge in [-0.25, -0.2) is 8.42 Å². The summed E-state index contributed by atoms with van der Waals surface area (Å²) in [6, 6.07) is 23.7. The van der Waals surface area contributed by atoms with Crippen molar-refractivity contribution in [2.24, 2.45) is 0 Å². The minimum absolute atomic E-state index is 0.351. The molecule has 0 fully saturated rings. The van der Waals surface area contributed by atoms with E-state index in [1.165, 1.54) is 22.9 Å². The Morgan fingerprint density at radius 3 is 2.43 bits per heavy atom. The van der Waals surface area contributed by atoms with Crippen LogP contribution in [-0.4, -0.2) is 19.6 Å². The van der Waals surface area contributed by atoms with Crippen LogP contribution in [0.5, 0.6) is 0 Å². The lowest BCUT2D eigenvalue weighted by Crippen LogP contribution is -2.19. The molecule has 4 heteroatoms. The van der Waals surface area contributed by atoms with Crippen LogP contribution in [-0.2, 0) is 29.3 Å². The largest absolute Gasteiger partial charge is 0.369 e. The van der Waals surface area contributed by atoms with Crippen molar-refractivity contribution in [1.82, 2.24) is 4.90 Å². The molecule has 0 aromatic heterocycles. The maximum atomic E-state index is 11.6. The van der Waals surface area contributed by atoms with Crippen molar-refractivity contribution in [3.63, 3.8) is 0 Å². The first-order valence-corrected chi connectivity index (χ1v) is 11.7. The van der Waals surface area contributed by atoms with Gasteiger partial charge in [0.05, 0.1) is 4.90 Å². The normalized spacial score (nSPS) is 12.8. The van der Waals surface area contributed by atoms with Crippen molar-refractivity contribution in [3.8, 4) is 11.8 Å². The fraction of sp³-hybridized carbons (Fsp3) is 0.154. The molecule has 150 valence electrons. The highest BCUT2D eigenvalue weighted by Gasteiger charge is 2.12. The van der Waals surface area contributed by atoms with Crippen LogP contribution in [0.2, 0.25) is 0 Å². The zero-order valence-electron chi connectivity index (χ0n) is 16.9. The molecule has 0 aliphatic carbocycles. The molecule has 30 heavy (non-hydrogen) atoms. The number of nitrogens with zero attached hydrogens (tertiary/aromatic N) is 1. The van der Waals surface area contributed by atoms with E-state index in [0.29, 0.717) is 4.90 Å². The molecule has 0 bridgehead atoms. The molecule has 0 atom stereocenters. The number of rotatable bonds is 4. The summed E-state index contributed by atoms with van der Waals surface area (Å²) >= 11 is 0. The molecule has 0 amide bonds. The lowest BCUT2D eigenvalue weighted by Gasteiger charge is -2.25. The van der Waals surface area contributed by atoms with Crippen LogP contribution < -0.4 is 0 Å². The predicted octanol–water partition coefficient (Wildman–Crippen LogP) is 4.67. The number of hydrogen-bond donors (Lipinski definition) is 0. The van der Waals surface area contributed by atoms with Crippen LogP contribution in [0.15, 0.2) is 83.9 Å². The van der Waals surface area contributed by atoms with Gasteiger partial charge in [0.25, 0.3) is 0 Å². The maximum Gasteiger partial charge on any atom is 0.175 e. The van der Waals surface area contributed by atoms with Gasteiger partial charge >= 0.3 is 0 Å². The quantitative estimate of drug-likeness (QED) is 0.583. The van der Waals surface area contributed by atoms with Gasteiger partial charge in [0.15, 0.2) is 9.84 Å². The van der Waals surface area contributed by atoms with Gasteiger partial charge in [-0.05, 0) is 52.6 Å². The second-order valence-corrected chi connectivity index (χ2v) is 9.53. The summed E-state index contributed by atoms with van der Waals surface area (Å²) in [6.45, 7) is 1.53. The van der Waals surface area contributed by atoms with Crippen molar-refractivity contribution in [2.75, 3.05) is 6.26 Å². The molecule has 1 aliphatic heterocycles. The fourth-order valence-corrected chi connectivity index (χ4v) is 4.10. The Hall–Kier alpha value is -3.29. The highest BCUT2D eigenvalue weighted by molar-refractivity contribution is 7.90. The highest BCUT2D eigenvalue weighted by atomic mass is 32.2. The second kappa shape index (κ2) is 8.61. The average Bonchev–Trinajstić information content (AvgIpc) is 2.74. The van der Waals surface area contributed by atoms with Crippen molar-refractivity contribution < 1.29 is 8.42 Å². The fourth-order valence-electron chi connectivity index (χ4n) is 3.47. The molecule has 0 saturated carbocycles. The number of fused-ring (bicyclic) bond motifs is 1. The third kappa shape index (κ3) is 5.00. The minimum atomic E-state index is -3.16. The van der Waals surface area contributed by atoms with Gasteiger partial charge in [-0.2, -0.15) is 0 Å². The van der Waals surface area contributed by atoms with Gasteiger partial charge in [0.1, 0.15) is 0 Å². The molecule has 0 saturated heterocycles. The van der Waals surface area contributed by atoms with Gasteiger partial charge in [0, 0.05) is 37.5 Å². The molecule has 0 radical (unpaired) electrons. The predicted molar refractivity (Wildman–Crippen MR) is 121 cm³/mol. The molecule has 1 heterocycles. The van der Waals surface area contributed by atoms with Crippen molar-refractivity contribution in [3.05, 3.63) is 107 Å². The van der Waals surface area contributed by atoms with Gasteiger partial charge in [-0.1, -0.05) is 60.4 Å². The summed E-state index contributed by atoms with van der Waals surface area (Å²) in [5, 5.41) is 0. The standard InChI is InChI=1S/C26H23NO2S/c1-30(28,29)26-14-11-23(12-15-26)19-27-17-16-24-13-10-22(18-25(24)20-27)9-5-8-21-6-3-2-4-7-21/h2-4,6-7,10-18H,8,19-20H2,1H3. The summed E-state index contributed by atoms with van der Waals surface area (Å²) in [4.78, 5) is 2.57. The zero-order valence-corrected chi connectivity index (χ0v) is 17.7. The van der Waals surface area contributed by atoms with Crippen molar-refractivity contribution in [1.29, 1.82) is 0 Å².